The second kappa shape index (κ2) is 7.38. The van der Waals surface area contributed by atoms with Crippen LogP contribution in [0.5, 0.6) is 0 Å². The predicted octanol–water partition coefficient (Wildman–Crippen LogP) is 2.12. The van der Waals surface area contributed by atoms with Crippen molar-refractivity contribution in [1.82, 2.24) is 0 Å². The van der Waals surface area contributed by atoms with Gasteiger partial charge < -0.3 is 24.7 Å². The molecule has 0 aromatic heterocycles. The van der Waals surface area contributed by atoms with Crippen molar-refractivity contribution in [2.24, 2.45) is 5.73 Å². The molecule has 1 saturated heterocycles. The molecular formula is C16H33NO4. The minimum absolute atomic E-state index is 0.0301. The molecule has 0 aliphatic carbocycles. The van der Waals surface area contributed by atoms with Crippen molar-refractivity contribution >= 4 is 0 Å². The van der Waals surface area contributed by atoms with Gasteiger partial charge in [-0.1, -0.05) is 0 Å². The van der Waals surface area contributed by atoms with Crippen LogP contribution >= 0.6 is 0 Å². The summed E-state index contributed by atoms with van der Waals surface area (Å²) in [7, 11) is 0. The molecule has 21 heavy (non-hydrogen) atoms. The molecule has 0 bridgehead atoms. The third-order valence-electron chi connectivity index (χ3n) is 3.14. The van der Waals surface area contributed by atoms with Crippen LogP contribution in [0.4, 0.5) is 0 Å². The first kappa shape index (κ1) is 18.8. The van der Waals surface area contributed by atoms with E-state index < -0.39 is 0 Å². The first-order chi connectivity index (χ1) is 9.53. The summed E-state index contributed by atoms with van der Waals surface area (Å²) < 4.78 is 23.9. The van der Waals surface area contributed by atoms with Crippen molar-refractivity contribution in [2.45, 2.75) is 84.1 Å². The zero-order chi connectivity index (χ0) is 16.3. The Morgan fingerprint density at radius 1 is 1.00 bits per heavy atom. The van der Waals surface area contributed by atoms with Gasteiger partial charge in [0.1, 0.15) is 18.3 Å². The topological polar surface area (TPSA) is 62.9 Å². The molecule has 0 aromatic rings. The highest BCUT2D eigenvalue weighted by Crippen LogP contribution is 2.30. The van der Waals surface area contributed by atoms with Gasteiger partial charge in [0.15, 0.2) is 0 Å². The fourth-order valence-electron chi connectivity index (χ4n) is 2.36. The van der Waals surface area contributed by atoms with Crippen LogP contribution < -0.4 is 5.73 Å². The highest BCUT2D eigenvalue weighted by molar-refractivity contribution is 4.93. The maximum Gasteiger partial charge on any atom is 0.115 e. The Balaban J connectivity index is 2.75. The van der Waals surface area contributed by atoms with E-state index in [-0.39, 0.29) is 35.6 Å². The quantitative estimate of drug-likeness (QED) is 0.814. The summed E-state index contributed by atoms with van der Waals surface area (Å²) in [4.78, 5) is 0. The Labute approximate surface area is 129 Å². The van der Waals surface area contributed by atoms with Gasteiger partial charge in [-0.25, -0.2) is 0 Å². The lowest BCUT2D eigenvalue weighted by Crippen LogP contribution is -2.44. The van der Waals surface area contributed by atoms with Gasteiger partial charge in [0.05, 0.1) is 30.5 Å². The molecule has 1 rings (SSSR count). The summed E-state index contributed by atoms with van der Waals surface area (Å²) in [5.41, 5.74) is 5.08. The molecule has 0 radical (unpaired) electrons. The van der Waals surface area contributed by atoms with Crippen molar-refractivity contribution in [3.63, 3.8) is 0 Å². The molecule has 126 valence electrons. The second-order valence-electron chi connectivity index (χ2n) is 7.62. The van der Waals surface area contributed by atoms with Crippen LogP contribution in [-0.2, 0) is 18.9 Å². The van der Waals surface area contributed by atoms with Crippen LogP contribution in [0.1, 0.15) is 48.5 Å². The van der Waals surface area contributed by atoms with Gasteiger partial charge in [-0.2, -0.15) is 0 Å². The Kier molecular flexibility index (Phi) is 6.62. The van der Waals surface area contributed by atoms with Gasteiger partial charge in [0.2, 0.25) is 0 Å². The van der Waals surface area contributed by atoms with Crippen molar-refractivity contribution in [3.05, 3.63) is 0 Å². The molecule has 1 aliphatic heterocycles. The molecule has 0 saturated carbocycles. The van der Waals surface area contributed by atoms with E-state index in [2.05, 4.69) is 0 Å². The number of hydrogen-bond donors (Lipinski definition) is 1. The predicted molar refractivity (Wildman–Crippen MR) is 83.5 cm³/mol. The fraction of sp³-hybridized carbons (Fsp3) is 1.00. The second-order valence-corrected chi connectivity index (χ2v) is 7.62. The highest BCUT2D eigenvalue weighted by atomic mass is 16.6. The van der Waals surface area contributed by atoms with E-state index in [1.54, 1.807) is 0 Å². The van der Waals surface area contributed by atoms with E-state index in [0.717, 1.165) is 0 Å². The number of ether oxygens (including phenoxy) is 4. The Morgan fingerprint density at radius 3 is 2.10 bits per heavy atom. The van der Waals surface area contributed by atoms with Crippen LogP contribution in [0.2, 0.25) is 0 Å². The van der Waals surface area contributed by atoms with E-state index in [9.17, 15) is 0 Å². The van der Waals surface area contributed by atoms with Crippen LogP contribution in [-0.4, -0.2) is 55.4 Å². The van der Waals surface area contributed by atoms with E-state index >= 15 is 0 Å². The Hall–Kier alpha value is -0.200. The van der Waals surface area contributed by atoms with Crippen LogP contribution in [0, 0.1) is 0 Å². The molecule has 5 heteroatoms. The molecule has 5 nitrogen and oxygen atoms in total. The highest BCUT2D eigenvalue weighted by Gasteiger charge is 2.46. The number of hydrogen-bond acceptors (Lipinski definition) is 5. The Bertz CT molecular complexity index is 308. The van der Waals surface area contributed by atoms with Crippen LogP contribution in [0.25, 0.3) is 0 Å². The summed E-state index contributed by atoms with van der Waals surface area (Å²) in [5.74, 6) is 0. The summed E-state index contributed by atoms with van der Waals surface area (Å²) in [6.07, 6.45) is -0.408. The molecule has 2 N–H and O–H groups in total. The number of rotatable bonds is 6. The molecule has 4 atom stereocenters. The van der Waals surface area contributed by atoms with Crippen molar-refractivity contribution in [1.29, 1.82) is 0 Å². The Morgan fingerprint density at radius 2 is 1.62 bits per heavy atom. The first-order valence-electron chi connectivity index (χ1n) is 7.82. The van der Waals surface area contributed by atoms with Crippen molar-refractivity contribution in [3.8, 4) is 0 Å². The first-order valence-corrected chi connectivity index (χ1v) is 7.82. The summed E-state index contributed by atoms with van der Waals surface area (Å²) in [5, 5.41) is 0. The average Bonchev–Trinajstić information content (AvgIpc) is 2.58. The molecule has 1 unspecified atom stereocenters. The lowest BCUT2D eigenvalue weighted by Gasteiger charge is -2.32. The van der Waals surface area contributed by atoms with E-state index in [1.807, 2.05) is 48.5 Å². The lowest BCUT2D eigenvalue weighted by atomic mass is 10.1. The summed E-state index contributed by atoms with van der Waals surface area (Å²) >= 11 is 0. The smallest absolute Gasteiger partial charge is 0.115 e. The van der Waals surface area contributed by atoms with Gasteiger partial charge in [0, 0.05) is 6.54 Å². The molecule has 1 aliphatic rings. The number of nitrogens with two attached hydrogens (primary N) is 1. The molecule has 0 spiro atoms. The van der Waals surface area contributed by atoms with E-state index in [1.165, 1.54) is 0 Å². The van der Waals surface area contributed by atoms with Crippen molar-refractivity contribution in [2.75, 3.05) is 19.8 Å². The maximum absolute atomic E-state index is 6.19. The summed E-state index contributed by atoms with van der Waals surface area (Å²) in [6, 6.07) is 0. The molecular weight excluding hydrogens is 270 g/mol. The monoisotopic (exact) mass is 303 g/mol. The summed E-state index contributed by atoms with van der Waals surface area (Å²) in [6.45, 7) is 15.7. The molecule has 1 heterocycles. The zero-order valence-corrected chi connectivity index (χ0v) is 14.6. The lowest BCUT2D eigenvalue weighted by molar-refractivity contribution is -0.143. The van der Waals surface area contributed by atoms with E-state index in [4.69, 9.17) is 24.7 Å². The maximum atomic E-state index is 6.19. The third kappa shape index (κ3) is 6.61. The van der Waals surface area contributed by atoms with Crippen LogP contribution in [0.15, 0.2) is 0 Å². The SMILES string of the molecule is C[C@@H]1O[C@H](COC(C)(C)C)C(OC(C)(C)C)[C@@H]1OCCN. The molecule has 0 aromatic carbocycles. The largest absolute Gasteiger partial charge is 0.373 e. The fourth-order valence-corrected chi connectivity index (χ4v) is 2.36. The van der Waals surface area contributed by atoms with Gasteiger partial charge in [0.25, 0.3) is 0 Å². The zero-order valence-electron chi connectivity index (χ0n) is 14.6. The van der Waals surface area contributed by atoms with Gasteiger partial charge in [-0.15, -0.1) is 0 Å². The average molecular weight is 303 g/mol. The normalized spacial score (nSPS) is 30.9. The van der Waals surface area contributed by atoms with Gasteiger partial charge >= 0.3 is 0 Å². The van der Waals surface area contributed by atoms with Gasteiger partial charge in [-0.3, -0.25) is 0 Å². The van der Waals surface area contributed by atoms with E-state index in [0.29, 0.717) is 19.8 Å². The third-order valence-corrected chi connectivity index (χ3v) is 3.14. The van der Waals surface area contributed by atoms with Crippen molar-refractivity contribution < 1.29 is 18.9 Å². The van der Waals surface area contributed by atoms with Crippen LogP contribution in [0.3, 0.4) is 0 Å². The van der Waals surface area contributed by atoms with Gasteiger partial charge in [-0.05, 0) is 48.5 Å². The minimum atomic E-state index is -0.262. The molecule has 0 amide bonds. The minimum Gasteiger partial charge on any atom is -0.373 e. The standard InChI is InChI=1S/C16H33NO4/c1-11-13(18-9-8-17)14(21-16(5,6)7)12(20-11)10-19-15(2,3)4/h11-14H,8-10,17H2,1-7H3/t11-,12+,13+,14?/m0/s1. The molecule has 1 fully saturated rings.